The summed E-state index contributed by atoms with van der Waals surface area (Å²) in [5.74, 6) is -1.48. The van der Waals surface area contributed by atoms with Gasteiger partial charge in [-0.25, -0.2) is 4.79 Å². The second-order valence-corrected chi connectivity index (χ2v) is 9.70. The Morgan fingerprint density at radius 1 is 1.11 bits per heavy atom. The fourth-order valence-electron chi connectivity index (χ4n) is 3.68. The van der Waals surface area contributed by atoms with Crippen molar-refractivity contribution in [1.29, 1.82) is 0 Å². The van der Waals surface area contributed by atoms with E-state index in [1.165, 1.54) is 4.90 Å². The number of hydrogen-bond acceptors (Lipinski definition) is 7. The number of alkyl carbamates (subject to hydrolysis) is 1. The molecule has 1 fully saturated rings. The molecule has 3 N–H and O–H groups in total. The Labute approximate surface area is 212 Å². The van der Waals surface area contributed by atoms with Crippen LogP contribution in [0.15, 0.2) is 24.3 Å². The van der Waals surface area contributed by atoms with Gasteiger partial charge in [0.05, 0.1) is 19.6 Å². The number of aliphatic hydroxyl groups is 1. The second kappa shape index (κ2) is 13.2. The van der Waals surface area contributed by atoms with Crippen LogP contribution in [-0.2, 0) is 30.3 Å². The molecule has 1 aromatic rings. The van der Waals surface area contributed by atoms with Crippen molar-refractivity contribution in [3.05, 3.63) is 35.4 Å². The van der Waals surface area contributed by atoms with Gasteiger partial charge in [0.25, 0.3) is 0 Å². The van der Waals surface area contributed by atoms with Crippen molar-refractivity contribution in [3.8, 4) is 0 Å². The van der Waals surface area contributed by atoms with E-state index in [1.54, 1.807) is 39.8 Å². The normalized spacial score (nSPS) is 14.8. The van der Waals surface area contributed by atoms with E-state index in [0.717, 1.165) is 12.0 Å². The van der Waals surface area contributed by atoms with Crippen molar-refractivity contribution >= 4 is 23.9 Å². The molecule has 0 heterocycles. The molecule has 10 heteroatoms. The smallest absolute Gasteiger partial charge is 0.408 e. The van der Waals surface area contributed by atoms with Crippen LogP contribution in [0.2, 0.25) is 0 Å². The lowest BCUT2D eigenvalue weighted by atomic mass is 10.0. The molecule has 0 aromatic heterocycles. The maximum absolute atomic E-state index is 13.6. The molecule has 2 unspecified atom stereocenters. The van der Waals surface area contributed by atoms with E-state index in [0.29, 0.717) is 18.4 Å². The third-order valence-electron chi connectivity index (χ3n) is 5.53. The van der Waals surface area contributed by atoms with E-state index in [-0.39, 0.29) is 25.6 Å². The van der Waals surface area contributed by atoms with Crippen LogP contribution in [0.25, 0.3) is 0 Å². The fraction of sp³-hybridized carbons (Fsp3) is 0.615. The number of hydrogen-bond donors (Lipinski definition) is 3. The summed E-state index contributed by atoms with van der Waals surface area (Å²) in [6.45, 7) is 8.43. The Morgan fingerprint density at radius 2 is 1.75 bits per heavy atom. The van der Waals surface area contributed by atoms with Crippen LogP contribution in [0, 0.1) is 0 Å². The maximum atomic E-state index is 13.6. The molecule has 0 saturated heterocycles. The van der Waals surface area contributed by atoms with Gasteiger partial charge in [-0.15, -0.1) is 0 Å². The number of rotatable bonds is 12. The van der Waals surface area contributed by atoms with Crippen LogP contribution in [0.3, 0.4) is 0 Å². The predicted octanol–water partition coefficient (Wildman–Crippen LogP) is 2.24. The minimum absolute atomic E-state index is 0.00207. The van der Waals surface area contributed by atoms with Crippen molar-refractivity contribution in [1.82, 2.24) is 15.5 Å². The van der Waals surface area contributed by atoms with Gasteiger partial charge >= 0.3 is 12.1 Å². The zero-order valence-corrected chi connectivity index (χ0v) is 21.8. The van der Waals surface area contributed by atoms with Gasteiger partial charge in [-0.2, -0.15) is 0 Å². The standard InChI is InChI=1S/C26H39N3O7/c1-6-17-8-10-18(11-9-17)22(23(32)27-15-14-21(31)35-7-2)29(19-12-13-19)24(33)20(16-30)28-25(34)36-26(3,4)5/h8-11,19-20,22,30H,6-7,12-16H2,1-5H3,(H,27,32)(H,28,34). The Kier molecular flexibility index (Phi) is 10.7. The SMILES string of the molecule is CCOC(=O)CCNC(=O)C(c1ccc(CC)cc1)N(C(=O)C(CO)NC(=O)OC(C)(C)C)C1CC1. The largest absolute Gasteiger partial charge is 0.466 e. The summed E-state index contributed by atoms with van der Waals surface area (Å²) in [5, 5.41) is 15.1. The monoisotopic (exact) mass is 505 g/mol. The number of nitrogens with one attached hydrogen (secondary N) is 2. The van der Waals surface area contributed by atoms with Crippen LogP contribution in [0.4, 0.5) is 4.79 Å². The number of amides is 3. The predicted molar refractivity (Wildman–Crippen MR) is 133 cm³/mol. The van der Waals surface area contributed by atoms with Crippen molar-refractivity contribution in [3.63, 3.8) is 0 Å². The number of benzene rings is 1. The van der Waals surface area contributed by atoms with E-state index in [4.69, 9.17) is 9.47 Å². The van der Waals surface area contributed by atoms with E-state index in [9.17, 15) is 24.3 Å². The van der Waals surface area contributed by atoms with Gasteiger partial charge in [0.1, 0.15) is 17.7 Å². The van der Waals surface area contributed by atoms with Crippen molar-refractivity contribution in [2.45, 2.75) is 84.0 Å². The first-order chi connectivity index (χ1) is 17.0. The van der Waals surface area contributed by atoms with Gasteiger partial charge in [-0.05, 0) is 58.1 Å². The quantitative estimate of drug-likeness (QED) is 0.371. The highest BCUT2D eigenvalue weighted by atomic mass is 16.6. The van der Waals surface area contributed by atoms with Crippen molar-refractivity contribution < 1.29 is 33.8 Å². The van der Waals surface area contributed by atoms with Crippen molar-refractivity contribution in [2.24, 2.45) is 0 Å². The zero-order chi connectivity index (χ0) is 26.9. The Bertz CT molecular complexity index is 907. The number of esters is 1. The van der Waals surface area contributed by atoms with Crippen LogP contribution in [0.5, 0.6) is 0 Å². The van der Waals surface area contributed by atoms with Gasteiger partial charge < -0.3 is 30.1 Å². The average Bonchev–Trinajstić information content (AvgIpc) is 3.64. The van der Waals surface area contributed by atoms with E-state index in [2.05, 4.69) is 10.6 Å². The minimum atomic E-state index is -1.29. The topological polar surface area (TPSA) is 134 Å². The van der Waals surface area contributed by atoms with Gasteiger partial charge in [0.2, 0.25) is 11.8 Å². The van der Waals surface area contributed by atoms with Gasteiger partial charge in [0, 0.05) is 12.6 Å². The van der Waals surface area contributed by atoms with Crippen LogP contribution in [-0.4, -0.2) is 71.3 Å². The van der Waals surface area contributed by atoms with Crippen LogP contribution >= 0.6 is 0 Å². The first-order valence-corrected chi connectivity index (χ1v) is 12.4. The molecular formula is C26H39N3O7. The minimum Gasteiger partial charge on any atom is -0.466 e. The fourth-order valence-corrected chi connectivity index (χ4v) is 3.68. The third-order valence-corrected chi connectivity index (χ3v) is 5.53. The summed E-state index contributed by atoms with van der Waals surface area (Å²) in [7, 11) is 0. The molecule has 0 radical (unpaired) electrons. The Morgan fingerprint density at radius 3 is 2.25 bits per heavy atom. The lowest BCUT2D eigenvalue weighted by Gasteiger charge is -2.34. The second-order valence-electron chi connectivity index (χ2n) is 9.70. The molecule has 1 aliphatic carbocycles. The zero-order valence-electron chi connectivity index (χ0n) is 21.8. The molecule has 0 aliphatic heterocycles. The molecule has 1 saturated carbocycles. The molecule has 0 spiro atoms. The lowest BCUT2D eigenvalue weighted by Crippen LogP contribution is -2.55. The molecule has 36 heavy (non-hydrogen) atoms. The molecule has 0 bridgehead atoms. The number of ether oxygens (including phenoxy) is 2. The summed E-state index contributed by atoms with van der Waals surface area (Å²) in [6, 6.07) is 4.87. The van der Waals surface area contributed by atoms with Crippen LogP contribution < -0.4 is 10.6 Å². The summed E-state index contributed by atoms with van der Waals surface area (Å²) in [6.07, 6.45) is 1.35. The number of aliphatic hydroxyl groups excluding tert-OH is 1. The number of nitrogens with zero attached hydrogens (tertiary/aromatic N) is 1. The average molecular weight is 506 g/mol. The van der Waals surface area contributed by atoms with E-state index >= 15 is 0 Å². The number of carbonyl (C=O) groups is 4. The highest BCUT2D eigenvalue weighted by Gasteiger charge is 2.44. The summed E-state index contributed by atoms with van der Waals surface area (Å²) < 4.78 is 10.1. The van der Waals surface area contributed by atoms with Gasteiger partial charge in [0.15, 0.2) is 0 Å². The molecule has 2 atom stereocenters. The molecule has 200 valence electrons. The number of aryl methyl sites for hydroxylation is 1. The Hall–Kier alpha value is -3.14. The molecule has 2 rings (SSSR count). The van der Waals surface area contributed by atoms with Gasteiger partial charge in [-0.3, -0.25) is 14.4 Å². The maximum Gasteiger partial charge on any atom is 0.408 e. The van der Waals surface area contributed by atoms with Crippen molar-refractivity contribution in [2.75, 3.05) is 19.8 Å². The molecular weight excluding hydrogens is 466 g/mol. The lowest BCUT2D eigenvalue weighted by molar-refractivity contribution is -0.145. The first-order valence-electron chi connectivity index (χ1n) is 12.4. The molecule has 1 aliphatic rings. The molecule has 1 aromatic carbocycles. The number of carbonyl (C=O) groups excluding carboxylic acids is 4. The summed E-state index contributed by atoms with van der Waals surface area (Å²) >= 11 is 0. The van der Waals surface area contributed by atoms with E-state index < -0.39 is 48.2 Å². The van der Waals surface area contributed by atoms with E-state index in [1.807, 2.05) is 19.1 Å². The van der Waals surface area contributed by atoms with Gasteiger partial charge in [-0.1, -0.05) is 31.2 Å². The highest BCUT2D eigenvalue weighted by Crippen LogP contribution is 2.35. The summed E-state index contributed by atoms with van der Waals surface area (Å²) in [4.78, 5) is 52.5. The highest BCUT2D eigenvalue weighted by molar-refractivity contribution is 5.92. The third kappa shape index (κ3) is 8.82. The van der Waals surface area contributed by atoms with Crippen LogP contribution in [0.1, 0.15) is 71.0 Å². The molecule has 10 nitrogen and oxygen atoms in total. The first kappa shape index (κ1) is 29.1. The molecule has 3 amide bonds. The summed E-state index contributed by atoms with van der Waals surface area (Å²) in [5.41, 5.74) is 0.880. The Balaban J connectivity index is 2.31.